The number of nitrogens with one attached hydrogen (secondary N) is 2. The second-order valence-corrected chi connectivity index (χ2v) is 6.91. The molecule has 1 saturated heterocycles. The van der Waals surface area contributed by atoms with Crippen molar-refractivity contribution >= 4 is 40.8 Å². The van der Waals surface area contributed by atoms with Gasteiger partial charge in [0.15, 0.2) is 0 Å². The molecule has 1 aromatic heterocycles. The Labute approximate surface area is 161 Å². The topological polar surface area (TPSA) is 96.5 Å². The number of ether oxygens (including phenoxy) is 1. The normalized spacial score (nSPS) is 13.9. The highest BCUT2D eigenvalue weighted by molar-refractivity contribution is 7.99. The van der Waals surface area contributed by atoms with Gasteiger partial charge >= 0.3 is 0 Å². The van der Waals surface area contributed by atoms with Crippen molar-refractivity contribution in [1.29, 1.82) is 0 Å². The molecule has 0 spiro atoms. The van der Waals surface area contributed by atoms with Crippen molar-refractivity contribution in [3.63, 3.8) is 0 Å². The first-order valence-electron chi connectivity index (χ1n) is 8.55. The Morgan fingerprint density at radius 1 is 1.15 bits per heavy atom. The number of hydrogen-bond acceptors (Lipinski definition) is 7. The molecule has 142 valence electrons. The summed E-state index contributed by atoms with van der Waals surface area (Å²) in [4.78, 5) is 34.0. The summed E-state index contributed by atoms with van der Waals surface area (Å²) < 4.78 is 5.35. The summed E-state index contributed by atoms with van der Waals surface area (Å²) in [6, 6.07) is 8.91. The predicted octanol–water partition coefficient (Wildman–Crippen LogP) is 2.00. The molecule has 1 aromatic carbocycles. The summed E-state index contributed by atoms with van der Waals surface area (Å²) in [6.45, 7) is 4.41. The molecule has 0 aliphatic carbocycles. The molecule has 9 heteroatoms. The third-order valence-corrected chi connectivity index (χ3v) is 4.71. The zero-order chi connectivity index (χ0) is 19.1. The van der Waals surface area contributed by atoms with Crippen molar-refractivity contribution in [2.75, 3.05) is 47.6 Å². The summed E-state index contributed by atoms with van der Waals surface area (Å²) in [5.41, 5.74) is 1.27. The van der Waals surface area contributed by atoms with Gasteiger partial charge in [-0.3, -0.25) is 9.59 Å². The highest BCUT2D eigenvalue weighted by atomic mass is 32.2. The SMILES string of the molecule is CC(=O)Nc1cccc(NC(=O)CSc2cc(N3CCOCC3)ncn2)c1. The molecule has 1 aliphatic rings. The average molecular weight is 387 g/mol. The van der Waals surface area contributed by atoms with Crippen LogP contribution in [0.2, 0.25) is 0 Å². The van der Waals surface area contributed by atoms with Crippen LogP contribution in [0, 0.1) is 0 Å². The van der Waals surface area contributed by atoms with Gasteiger partial charge in [0.1, 0.15) is 17.2 Å². The van der Waals surface area contributed by atoms with E-state index in [1.165, 1.54) is 25.0 Å². The number of amides is 2. The summed E-state index contributed by atoms with van der Waals surface area (Å²) in [5, 5.41) is 6.25. The lowest BCUT2D eigenvalue weighted by Gasteiger charge is -2.27. The molecule has 0 unspecified atom stereocenters. The van der Waals surface area contributed by atoms with Crippen LogP contribution >= 0.6 is 11.8 Å². The smallest absolute Gasteiger partial charge is 0.234 e. The lowest BCUT2D eigenvalue weighted by Crippen LogP contribution is -2.36. The quantitative estimate of drug-likeness (QED) is 0.578. The van der Waals surface area contributed by atoms with E-state index >= 15 is 0 Å². The Balaban J connectivity index is 1.54. The summed E-state index contributed by atoms with van der Waals surface area (Å²) >= 11 is 1.35. The molecule has 2 amide bonds. The molecule has 1 fully saturated rings. The molecule has 1 aliphatic heterocycles. The molecule has 0 saturated carbocycles. The molecule has 2 aromatic rings. The number of anilines is 3. The van der Waals surface area contributed by atoms with E-state index in [4.69, 9.17) is 4.74 Å². The molecule has 2 N–H and O–H groups in total. The van der Waals surface area contributed by atoms with Crippen molar-refractivity contribution in [3.05, 3.63) is 36.7 Å². The minimum atomic E-state index is -0.158. The van der Waals surface area contributed by atoms with Gasteiger partial charge in [-0.2, -0.15) is 0 Å². The van der Waals surface area contributed by atoms with E-state index < -0.39 is 0 Å². The lowest BCUT2D eigenvalue weighted by atomic mass is 10.2. The van der Waals surface area contributed by atoms with Crippen molar-refractivity contribution in [2.24, 2.45) is 0 Å². The molecule has 2 heterocycles. The average Bonchev–Trinajstić information content (AvgIpc) is 2.67. The minimum absolute atomic E-state index is 0.147. The van der Waals surface area contributed by atoms with Crippen LogP contribution in [0.25, 0.3) is 0 Å². The number of carbonyl (C=O) groups excluding carboxylic acids is 2. The van der Waals surface area contributed by atoms with Crippen LogP contribution in [-0.2, 0) is 14.3 Å². The largest absolute Gasteiger partial charge is 0.378 e. The van der Waals surface area contributed by atoms with Crippen LogP contribution in [0.3, 0.4) is 0 Å². The van der Waals surface area contributed by atoms with Gasteiger partial charge in [-0.15, -0.1) is 0 Å². The van der Waals surface area contributed by atoms with Crippen LogP contribution in [0.4, 0.5) is 17.2 Å². The van der Waals surface area contributed by atoms with Gasteiger partial charge in [-0.25, -0.2) is 9.97 Å². The third-order valence-electron chi connectivity index (χ3n) is 3.78. The number of benzene rings is 1. The fourth-order valence-corrected chi connectivity index (χ4v) is 3.25. The van der Waals surface area contributed by atoms with Gasteiger partial charge in [0, 0.05) is 37.5 Å². The molecule has 27 heavy (non-hydrogen) atoms. The van der Waals surface area contributed by atoms with E-state index in [2.05, 4.69) is 25.5 Å². The molecule has 0 radical (unpaired) electrons. The zero-order valence-electron chi connectivity index (χ0n) is 15.0. The van der Waals surface area contributed by atoms with Crippen LogP contribution < -0.4 is 15.5 Å². The second-order valence-electron chi connectivity index (χ2n) is 5.91. The Hall–Kier alpha value is -2.65. The number of rotatable bonds is 6. The van der Waals surface area contributed by atoms with E-state index in [-0.39, 0.29) is 17.6 Å². The fraction of sp³-hybridized carbons (Fsp3) is 0.333. The van der Waals surface area contributed by atoms with Crippen LogP contribution in [0.15, 0.2) is 41.7 Å². The molecule has 3 rings (SSSR count). The van der Waals surface area contributed by atoms with Crippen LogP contribution in [-0.4, -0.2) is 53.8 Å². The monoisotopic (exact) mass is 387 g/mol. The highest BCUT2D eigenvalue weighted by Gasteiger charge is 2.13. The standard InChI is InChI=1S/C18H21N5O3S/c1-13(24)21-14-3-2-4-15(9-14)22-17(25)11-27-18-10-16(19-12-20-18)23-5-7-26-8-6-23/h2-4,9-10,12H,5-8,11H2,1H3,(H,21,24)(H,22,25). The number of thioether (sulfide) groups is 1. The van der Waals surface area contributed by atoms with Crippen LogP contribution in [0.1, 0.15) is 6.92 Å². The van der Waals surface area contributed by atoms with Crippen molar-refractivity contribution < 1.29 is 14.3 Å². The van der Waals surface area contributed by atoms with Gasteiger partial charge in [-0.1, -0.05) is 17.8 Å². The van der Waals surface area contributed by atoms with Gasteiger partial charge in [0.25, 0.3) is 0 Å². The Morgan fingerprint density at radius 3 is 2.63 bits per heavy atom. The second kappa shape index (κ2) is 9.33. The van der Waals surface area contributed by atoms with Crippen LogP contribution in [0.5, 0.6) is 0 Å². The maximum atomic E-state index is 12.2. The first-order chi connectivity index (χ1) is 13.1. The summed E-state index contributed by atoms with van der Waals surface area (Å²) in [6.07, 6.45) is 1.52. The number of nitrogens with zero attached hydrogens (tertiary/aromatic N) is 3. The van der Waals surface area contributed by atoms with E-state index in [1.807, 2.05) is 6.07 Å². The maximum absolute atomic E-state index is 12.2. The highest BCUT2D eigenvalue weighted by Crippen LogP contribution is 2.21. The van der Waals surface area contributed by atoms with E-state index in [1.54, 1.807) is 24.3 Å². The zero-order valence-corrected chi connectivity index (χ0v) is 15.8. The molecular weight excluding hydrogens is 366 g/mol. The molecule has 8 nitrogen and oxygen atoms in total. The number of hydrogen-bond donors (Lipinski definition) is 2. The lowest BCUT2D eigenvalue weighted by molar-refractivity contribution is -0.114. The van der Waals surface area contributed by atoms with Gasteiger partial charge in [-0.05, 0) is 18.2 Å². The molecular formula is C18H21N5O3S. The summed E-state index contributed by atoms with van der Waals surface area (Å²) in [7, 11) is 0. The maximum Gasteiger partial charge on any atom is 0.234 e. The van der Waals surface area contributed by atoms with Gasteiger partial charge in [0.05, 0.1) is 19.0 Å². The first kappa shape index (κ1) is 19.1. The van der Waals surface area contributed by atoms with E-state index in [9.17, 15) is 9.59 Å². The molecule has 0 atom stereocenters. The van der Waals surface area contributed by atoms with Gasteiger partial charge in [0.2, 0.25) is 11.8 Å². The fourth-order valence-electron chi connectivity index (χ4n) is 2.59. The number of aromatic nitrogens is 2. The Kier molecular flexibility index (Phi) is 6.61. The van der Waals surface area contributed by atoms with E-state index in [0.717, 1.165) is 23.9 Å². The van der Waals surface area contributed by atoms with Crippen molar-refractivity contribution in [2.45, 2.75) is 11.9 Å². The Bertz CT molecular complexity index is 811. The minimum Gasteiger partial charge on any atom is -0.378 e. The van der Waals surface area contributed by atoms with Crippen molar-refractivity contribution in [1.82, 2.24) is 9.97 Å². The molecule has 0 bridgehead atoms. The Morgan fingerprint density at radius 2 is 1.89 bits per heavy atom. The summed E-state index contributed by atoms with van der Waals surface area (Å²) in [5.74, 6) is 0.767. The third kappa shape index (κ3) is 5.93. The van der Waals surface area contributed by atoms with Crippen molar-refractivity contribution in [3.8, 4) is 0 Å². The first-order valence-corrected chi connectivity index (χ1v) is 9.54. The van der Waals surface area contributed by atoms with Gasteiger partial charge < -0.3 is 20.3 Å². The number of carbonyl (C=O) groups is 2. The van der Waals surface area contributed by atoms with E-state index in [0.29, 0.717) is 24.6 Å². The predicted molar refractivity (Wildman–Crippen MR) is 105 cm³/mol. The number of morpholine rings is 1.